The number of carbonyl (C=O) groups excluding carboxylic acids is 2. The van der Waals surface area contributed by atoms with Crippen LogP contribution in [0.2, 0.25) is 0 Å². The smallest absolute Gasteiger partial charge is 0.319 e. The molecule has 0 aromatic heterocycles. The molecule has 1 atom stereocenters. The summed E-state index contributed by atoms with van der Waals surface area (Å²) in [5.74, 6) is -0.166. The lowest BCUT2D eigenvalue weighted by molar-refractivity contribution is -0.123. The molecule has 1 rings (SSSR count). The maximum Gasteiger partial charge on any atom is 0.319 e. The molecule has 0 aliphatic rings. The zero-order valence-electron chi connectivity index (χ0n) is 13.7. The molecule has 0 saturated carbocycles. The standard InChI is InChI=1S/C16H26N4O2/c1-12(2)14(15(21)17-10-11-20(3)4)19-16(22)18-13-8-6-5-7-9-13/h5-9,12,14H,10-11H2,1-4H3,(H,17,21)(H2,18,19,22)/t14-/m0/s1. The van der Waals surface area contributed by atoms with Crippen molar-refractivity contribution in [3.8, 4) is 0 Å². The Kier molecular flexibility index (Phi) is 7.39. The second-order valence-electron chi connectivity index (χ2n) is 5.78. The first-order valence-electron chi connectivity index (χ1n) is 7.45. The van der Waals surface area contributed by atoms with Gasteiger partial charge in [0, 0.05) is 18.8 Å². The number of hydrogen-bond acceptors (Lipinski definition) is 3. The zero-order chi connectivity index (χ0) is 16.5. The van der Waals surface area contributed by atoms with E-state index in [-0.39, 0.29) is 17.9 Å². The van der Waals surface area contributed by atoms with Crippen LogP contribution in [0, 0.1) is 5.92 Å². The monoisotopic (exact) mass is 306 g/mol. The number of hydrogen-bond donors (Lipinski definition) is 3. The van der Waals surface area contributed by atoms with Crippen molar-refractivity contribution in [1.29, 1.82) is 0 Å². The van der Waals surface area contributed by atoms with Gasteiger partial charge >= 0.3 is 6.03 Å². The molecule has 0 fully saturated rings. The second kappa shape index (κ2) is 9.04. The first-order chi connectivity index (χ1) is 10.4. The van der Waals surface area contributed by atoms with Crippen molar-refractivity contribution in [2.75, 3.05) is 32.5 Å². The maximum atomic E-state index is 12.2. The lowest BCUT2D eigenvalue weighted by atomic mass is 10.0. The Balaban J connectivity index is 2.52. The van der Waals surface area contributed by atoms with Crippen LogP contribution in [-0.2, 0) is 4.79 Å². The van der Waals surface area contributed by atoms with Gasteiger partial charge in [0.1, 0.15) is 6.04 Å². The van der Waals surface area contributed by atoms with Crippen LogP contribution in [0.4, 0.5) is 10.5 Å². The summed E-state index contributed by atoms with van der Waals surface area (Å²) in [6.45, 7) is 5.11. The summed E-state index contributed by atoms with van der Waals surface area (Å²) in [5, 5.41) is 8.29. The van der Waals surface area contributed by atoms with E-state index in [1.54, 1.807) is 12.1 Å². The first-order valence-corrected chi connectivity index (χ1v) is 7.45. The third-order valence-corrected chi connectivity index (χ3v) is 3.13. The number of amides is 3. The van der Waals surface area contributed by atoms with Gasteiger partial charge in [-0.2, -0.15) is 0 Å². The summed E-state index contributed by atoms with van der Waals surface area (Å²) in [4.78, 5) is 26.2. The number of nitrogens with zero attached hydrogens (tertiary/aromatic N) is 1. The highest BCUT2D eigenvalue weighted by Gasteiger charge is 2.23. The van der Waals surface area contributed by atoms with Gasteiger partial charge in [-0.3, -0.25) is 4.79 Å². The average Bonchev–Trinajstić information content (AvgIpc) is 2.45. The van der Waals surface area contributed by atoms with Crippen LogP contribution in [0.1, 0.15) is 13.8 Å². The van der Waals surface area contributed by atoms with E-state index in [2.05, 4.69) is 16.0 Å². The predicted molar refractivity (Wildman–Crippen MR) is 88.8 cm³/mol. The Bertz CT molecular complexity index is 474. The largest absolute Gasteiger partial charge is 0.353 e. The van der Waals surface area contributed by atoms with Gasteiger partial charge in [-0.1, -0.05) is 32.0 Å². The van der Waals surface area contributed by atoms with Crippen molar-refractivity contribution in [3.63, 3.8) is 0 Å². The number of para-hydroxylation sites is 1. The van der Waals surface area contributed by atoms with Gasteiger partial charge in [-0.05, 0) is 32.1 Å². The molecule has 0 aliphatic carbocycles. The van der Waals surface area contributed by atoms with Gasteiger partial charge in [-0.15, -0.1) is 0 Å². The molecule has 122 valence electrons. The number of rotatable bonds is 7. The first kappa shape index (κ1) is 18.0. The average molecular weight is 306 g/mol. The Morgan fingerprint density at radius 2 is 1.77 bits per heavy atom. The van der Waals surface area contributed by atoms with Gasteiger partial charge in [0.05, 0.1) is 0 Å². The minimum Gasteiger partial charge on any atom is -0.353 e. The highest BCUT2D eigenvalue weighted by atomic mass is 16.2. The summed E-state index contributed by atoms with van der Waals surface area (Å²) < 4.78 is 0. The fourth-order valence-corrected chi connectivity index (χ4v) is 1.88. The van der Waals surface area contributed by atoms with Crippen LogP contribution in [0.5, 0.6) is 0 Å². The molecule has 22 heavy (non-hydrogen) atoms. The van der Waals surface area contributed by atoms with Crippen molar-refractivity contribution in [1.82, 2.24) is 15.5 Å². The van der Waals surface area contributed by atoms with Crippen molar-refractivity contribution in [3.05, 3.63) is 30.3 Å². The summed E-state index contributed by atoms with van der Waals surface area (Å²) in [5.41, 5.74) is 0.690. The van der Waals surface area contributed by atoms with Crippen LogP contribution in [0.15, 0.2) is 30.3 Å². The molecule has 1 aromatic rings. The van der Waals surface area contributed by atoms with Crippen LogP contribution in [-0.4, -0.2) is 50.1 Å². The van der Waals surface area contributed by atoms with Crippen molar-refractivity contribution >= 4 is 17.6 Å². The quantitative estimate of drug-likeness (QED) is 0.715. The molecule has 0 bridgehead atoms. The number of likely N-dealkylation sites (N-methyl/N-ethyl adjacent to an activating group) is 1. The highest BCUT2D eigenvalue weighted by molar-refractivity contribution is 5.93. The van der Waals surface area contributed by atoms with E-state index in [1.807, 2.05) is 51.0 Å². The zero-order valence-corrected chi connectivity index (χ0v) is 13.7. The van der Waals surface area contributed by atoms with Crippen molar-refractivity contribution in [2.24, 2.45) is 5.92 Å². The van der Waals surface area contributed by atoms with Crippen LogP contribution in [0.3, 0.4) is 0 Å². The van der Waals surface area contributed by atoms with Crippen molar-refractivity contribution in [2.45, 2.75) is 19.9 Å². The Hall–Kier alpha value is -2.08. The molecular formula is C16H26N4O2. The van der Waals surface area contributed by atoms with Crippen LogP contribution in [0.25, 0.3) is 0 Å². The highest BCUT2D eigenvalue weighted by Crippen LogP contribution is 2.06. The van der Waals surface area contributed by atoms with Gasteiger partial charge in [0.15, 0.2) is 0 Å². The maximum absolute atomic E-state index is 12.2. The molecule has 3 N–H and O–H groups in total. The van der Waals surface area contributed by atoms with Gasteiger partial charge in [-0.25, -0.2) is 4.79 Å². The number of urea groups is 1. The molecule has 0 unspecified atom stereocenters. The van der Waals surface area contributed by atoms with Gasteiger partial charge in [0.25, 0.3) is 0 Å². The molecule has 0 saturated heterocycles. The number of nitrogens with one attached hydrogen (secondary N) is 3. The SMILES string of the molecule is CC(C)[C@H](NC(=O)Nc1ccccc1)C(=O)NCCN(C)C. The van der Waals surface area contributed by atoms with E-state index in [9.17, 15) is 9.59 Å². The van der Waals surface area contributed by atoms with Crippen LogP contribution < -0.4 is 16.0 Å². The molecule has 6 heteroatoms. The summed E-state index contributed by atoms with van der Waals surface area (Å²) in [6, 6.07) is 8.19. The van der Waals surface area contributed by atoms with E-state index in [0.29, 0.717) is 12.2 Å². The predicted octanol–water partition coefficient (Wildman–Crippen LogP) is 1.51. The third kappa shape index (κ3) is 6.58. The topological polar surface area (TPSA) is 73.5 Å². The number of anilines is 1. The summed E-state index contributed by atoms with van der Waals surface area (Å²) in [6.07, 6.45) is 0. The Morgan fingerprint density at radius 1 is 1.14 bits per heavy atom. The minimum absolute atomic E-state index is 0.000814. The van der Waals surface area contributed by atoms with Gasteiger partial charge in [0.2, 0.25) is 5.91 Å². The normalized spacial score (nSPS) is 12.1. The van der Waals surface area contributed by atoms with E-state index in [1.165, 1.54) is 0 Å². The molecule has 6 nitrogen and oxygen atoms in total. The molecule has 1 aromatic carbocycles. The molecule has 0 radical (unpaired) electrons. The third-order valence-electron chi connectivity index (χ3n) is 3.13. The molecular weight excluding hydrogens is 280 g/mol. The molecule has 3 amide bonds. The summed E-state index contributed by atoms with van der Waals surface area (Å²) in [7, 11) is 3.88. The lowest BCUT2D eigenvalue weighted by Gasteiger charge is -2.22. The Morgan fingerprint density at radius 3 is 2.32 bits per heavy atom. The van der Waals surface area contributed by atoms with Crippen molar-refractivity contribution < 1.29 is 9.59 Å². The summed E-state index contributed by atoms with van der Waals surface area (Å²) >= 11 is 0. The molecule has 0 aliphatic heterocycles. The number of carbonyl (C=O) groups is 2. The van der Waals surface area contributed by atoms with E-state index in [4.69, 9.17) is 0 Å². The second-order valence-corrected chi connectivity index (χ2v) is 5.78. The van der Waals surface area contributed by atoms with E-state index in [0.717, 1.165) is 6.54 Å². The number of benzene rings is 1. The van der Waals surface area contributed by atoms with Crippen LogP contribution >= 0.6 is 0 Å². The lowest BCUT2D eigenvalue weighted by Crippen LogP contribution is -2.51. The van der Waals surface area contributed by atoms with Gasteiger partial charge < -0.3 is 20.9 Å². The molecule has 0 spiro atoms. The fraction of sp³-hybridized carbons (Fsp3) is 0.500. The molecule has 0 heterocycles. The van der Waals surface area contributed by atoms with E-state index >= 15 is 0 Å². The Labute approximate surface area is 132 Å². The van der Waals surface area contributed by atoms with E-state index < -0.39 is 6.04 Å². The minimum atomic E-state index is -0.564. The fourth-order valence-electron chi connectivity index (χ4n) is 1.88.